The Kier molecular flexibility index (Phi) is 8.86. The van der Waals surface area contributed by atoms with E-state index in [2.05, 4.69) is 25.6 Å². The minimum absolute atomic E-state index is 0.0909. The molecule has 1 aromatic carbocycles. The number of nitrogens with zero attached hydrogens (tertiary/aromatic N) is 3. The monoisotopic (exact) mass is 486 g/mol. The van der Waals surface area contributed by atoms with Crippen molar-refractivity contribution in [1.29, 1.82) is 0 Å². The summed E-state index contributed by atoms with van der Waals surface area (Å²) in [7, 11) is 0. The summed E-state index contributed by atoms with van der Waals surface area (Å²) >= 11 is 0. The van der Waals surface area contributed by atoms with Gasteiger partial charge in [-0.15, -0.1) is 0 Å². The van der Waals surface area contributed by atoms with E-state index in [4.69, 9.17) is 5.73 Å². The molecule has 0 saturated heterocycles. The number of aromatic nitrogens is 3. The van der Waals surface area contributed by atoms with Gasteiger partial charge in [0.15, 0.2) is 0 Å². The molecule has 2 heterocycles. The van der Waals surface area contributed by atoms with Crippen molar-refractivity contribution in [3.8, 4) is 17.0 Å². The Morgan fingerprint density at radius 1 is 1.08 bits per heavy atom. The smallest absolute Gasteiger partial charge is 0.243 e. The van der Waals surface area contributed by atoms with Crippen LogP contribution in [0.4, 0.5) is 11.8 Å². The van der Waals surface area contributed by atoms with Crippen LogP contribution in [0.15, 0.2) is 54.9 Å². The Bertz CT molecular complexity index is 1180. The zero-order chi connectivity index (χ0) is 25.2. The van der Waals surface area contributed by atoms with Crippen molar-refractivity contribution in [2.24, 2.45) is 0 Å². The normalized spacial score (nSPS) is 13.1. The summed E-state index contributed by atoms with van der Waals surface area (Å²) in [6.07, 6.45) is 14.8. The SMILES string of the molecule is Nc1nc(NC2CC2)cc(-c2cccc(O)c2CCCCCCCNC(=O)/C=C/c2cccnc2)n1. The van der Waals surface area contributed by atoms with Crippen LogP contribution in [0.5, 0.6) is 5.75 Å². The van der Waals surface area contributed by atoms with Crippen LogP contribution in [-0.2, 0) is 11.2 Å². The number of carbonyl (C=O) groups is 1. The Labute approximate surface area is 212 Å². The largest absolute Gasteiger partial charge is 0.508 e. The van der Waals surface area contributed by atoms with Crippen LogP contribution in [0, 0.1) is 0 Å². The number of phenolic OH excluding ortho intramolecular Hbond substituents is 1. The second-order valence-corrected chi connectivity index (χ2v) is 9.15. The number of benzene rings is 1. The lowest BCUT2D eigenvalue weighted by Crippen LogP contribution is -2.21. The maximum absolute atomic E-state index is 11.9. The van der Waals surface area contributed by atoms with Crippen LogP contribution >= 0.6 is 0 Å². The van der Waals surface area contributed by atoms with Gasteiger partial charge in [-0.25, -0.2) is 4.98 Å². The van der Waals surface area contributed by atoms with Crippen molar-refractivity contribution < 1.29 is 9.90 Å². The predicted molar refractivity (Wildman–Crippen MR) is 143 cm³/mol. The third kappa shape index (κ3) is 7.80. The van der Waals surface area contributed by atoms with Crippen LogP contribution in [-0.4, -0.2) is 38.6 Å². The van der Waals surface area contributed by atoms with Gasteiger partial charge in [0, 0.05) is 48.2 Å². The standard InChI is InChI=1S/C28H34N6O2/c29-28-33-24(18-26(34-28)32-21-13-14-21)22-10-6-11-25(35)23(22)9-4-2-1-3-5-17-31-27(36)15-12-20-8-7-16-30-19-20/h6-8,10-12,15-16,18-19,21,35H,1-5,9,13-14,17H2,(H,31,36)(H3,29,32,33,34)/b15-12+. The summed E-state index contributed by atoms with van der Waals surface area (Å²) in [4.78, 5) is 24.7. The van der Waals surface area contributed by atoms with E-state index < -0.39 is 0 Å². The Morgan fingerprint density at radius 3 is 2.72 bits per heavy atom. The molecule has 36 heavy (non-hydrogen) atoms. The highest BCUT2D eigenvalue weighted by atomic mass is 16.3. The molecule has 1 aliphatic carbocycles. The molecule has 8 nitrogen and oxygen atoms in total. The fourth-order valence-corrected chi connectivity index (χ4v) is 4.07. The van der Waals surface area contributed by atoms with Crippen LogP contribution in [0.25, 0.3) is 17.3 Å². The van der Waals surface area contributed by atoms with Gasteiger partial charge in [0.2, 0.25) is 11.9 Å². The molecule has 0 unspecified atom stereocenters. The maximum Gasteiger partial charge on any atom is 0.243 e. The van der Waals surface area contributed by atoms with Gasteiger partial charge in [-0.05, 0) is 55.9 Å². The number of hydrogen-bond acceptors (Lipinski definition) is 7. The zero-order valence-corrected chi connectivity index (χ0v) is 20.5. The first kappa shape index (κ1) is 25.2. The van der Waals surface area contributed by atoms with Crippen LogP contribution in [0.3, 0.4) is 0 Å². The van der Waals surface area contributed by atoms with Crippen LogP contribution in [0.1, 0.15) is 56.1 Å². The van der Waals surface area contributed by atoms with Gasteiger partial charge >= 0.3 is 0 Å². The zero-order valence-electron chi connectivity index (χ0n) is 20.5. The minimum atomic E-state index is -0.0909. The van der Waals surface area contributed by atoms with E-state index in [0.717, 1.165) is 79.6 Å². The molecule has 8 heteroatoms. The molecule has 4 rings (SSSR count). The van der Waals surface area contributed by atoms with E-state index >= 15 is 0 Å². The number of carbonyl (C=O) groups excluding carboxylic acids is 1. The number of anilines is 2. The first-order valence-corrected chi connectivity index (χ1v) is 12.7. The number of aromatic hydroxyl groups is 1. The first-order chi connectivity index (χ1) is 17.6. The van der Waals surface area contributed by atoms with Crippen molar-refractivity contribution in [3.05, 3.63) is 66.0 Å². The number of nitrogens with two attached hydrogens (primary N) is 1. The predicted octanol–water partition coefficient (Wildman–Crippen LogP) is 4.72. The van der Waals surface area contributed by atoms with Gasteiger partial charge in [-0.2, -0.15) is 4.98 Å². The molecule has 0 bridgehead atoms. The summed E-state index contributed by atoms with van der Waals surface area (Å²) in [5.41, 5.74) is 9.38. The van der Waals surface area contributed by atoms with Gasteiger partial charge in [0.05, 0.1) is 5.69 Å². The number of pyridine rings is 1. The molecule has 5 N–H and O–H groups in total. The summed E-state index contributed by atoms with van der Waals surface area (Å²) in [5.74, 6) is 1.15. The van der Waals surface area contributed by atoms with Crippen molar-refractivity contribution >= 4 is 23.7 Å². The number of nitrogens with one attached hydrogen (secondary N) is 2. The molecule has 0 atom stereocenters. The second-order valence-electron chi connectivity index (χ2n) is 9.15. The maximum atomic E-state index is 11.9. The summed E-state index contributed by atoms with van der Waals surface area (Å²) in [5, 5.41) is 16.8. The third-order valence-electron chi connectivity index (χ3n) is 6.11. The van der Waals surface area contributed by atoms with Gasteiger partial charge in [-0.3, -0.25) is 9.78 Å². The van der Waals surface area contributed by atoms with Gasteiger partial charge in [0.25, 0.3) is 0 Å². The quantitative estimate of drug-likeness (QED) is 0.203. The lowest BCUT2D eigenvalue weighted by Gasteiger charge is -2.13. The van der Waals surface area contributed by atoms with Gasteiger partial charge in [-0.1, -0.05) is 37.5 Å². The Balaban J connectivity index is 1.20. The molecule has 2 aromatic heterocycles. The van der Waals surface area contributed by atoms with Crippen molar-refractivity contribution in [2.75, 3.05) is 17.6 Å². The Hall–Kier alpha value is -3.94. The number of phenols is 1. The summed E-state index contributed by atoms with van der Waals surface area (Å²) < 4.78 is 0. The number of unbranched alkanes of at least 4 members (excludes halogenated alkanes) is 4. The van der Waals surface area contributed by atoms with E-state index in [1.807, 2.05) is 30.3 Å². The topological polar surface area (TPSA) is 126 Å². The molecular formula is C28H34N6O2. The number of rotatable bonds is 13. The van der Waals surface area contributed by atoms with Crippen LogP contribution < -0.4 is 16.4 Å². The molecule has 0 aliphatic heterocycles. The molecule has 1 amide bonds. The Morgan fingerprint density at radius 2 is 1.92 bits per heavy atom. The minimum Gasteiger partial charge on any atom is -0.508 e. The average Bonchev–Trinajstić information content (AvgIpc) is 3.69. The summed E-state index contributed by atoms with van der Waals surface area (Å²) in [6.45, 7) is 0.659. The molecule has 1 saturated carbocycles. The lowest BCUT2D eigenvalue weighted by molar-refractivity contribution is -0.116. The average molecular weight is 487 g/mol. The van der Waals surface area contributed by atoms with E-state index in [9.17, 15) is 9.90 Å². The van der Waals surface area contributed by atoms with E-state index in [0.29, 0.717) is 12.6 Å². The number of hydrogen-bond donors (Lipinski definition) is 4. The highest BCUT2D eigenvalue weighted by Gasteiger charge is 2.22. The molecule has 1 fully saturated rings. The van der Waals surface area contributed by atoms with E-state index in [1.54, 1.807) is 24.5 Å². The highest BCUT2D eigenvalue weighted by molar-refractivity contribution is 5.91. The van der Waals surface area contributed by atoms with Crippen molar-refractivity contribution in [1.82, 2.24) is 20.3 Å². The molecule has 3 aromatic rings. The van der Waals surface area contributed by atoms with Gasteiger partial charge < -0.3 is 21.5 Å². The molecule has 1 aliphatic rings. The highest BCUT2D eigenvalue weighted by Crippen LogP contribution is 2.33. The molecule has 188 valence electrons. The van der Waals surface area contributed by atoms with Gasteiger partial charge in [0.1, 0.15) is 11.6 Å². The van der Waals surface area contributed by atoms with Crippen molar-refractivity contribution in [2.45, 2.75) is 57.4 Å². The lowest BCUT2D eigenvalue weighted by atomic mass is 9.97. The van der Waals surface area contributed by atoms with E-state index in [1.165, 1.54) is 6.08 Å². The fourth-order valence-electron chi connectivity index (χ4n) is 4.07. The van der Waals surface area contributed by atoms with Crippen LogP contribution in [0.2, 0.25) is 0 Å². The molecule has 0 spiro atoms. The number of nitrogen functional groups attached to an aromatic ring is 1. The third-order valence-corrected chi connectivity index (χ3v) is 6.11. The first-order valence-electron chi connectivity index (χ1n) is 12.7. The molecule has 0 radical (unpaired) electrons. The molecular weight excluding hydrogens is 452 g/mol. The number of amides is 1. The second kappa shape index (κ2) is 12.7. The van der Waals surface area contributed by atoms with E-state index in [-0.39, 0.29) is 17.6 Å². The fraction of sp³-hybridized carbons (Fsp3) is 0.357. The summed E-state index contributed by atoms with van der Waals surface area (Å²) in [6, 6.07) is 11.6. The van der Waals surface area contributed by atoms with Crippen molar-refractivity contribution in [3.63, 3.8) is 0 Å².